The Morgan fingerprint density at radius 1 is 1.19 bits per heavy atom. The third kappa shape index (κ3) is 3.89. The second-order valence-corrected chi connectivity index (χ2v) is 7.25. The van der Waals surface area contributed by atoms with Gasteiger partial charge in [-0.25, -0.2) is 12.8 Å². The summed E-state index contributed by atoms with van der Waals surface area (Å²) in [6, 6.07) is 9.76. The van der Waals surface area contributed by atoms with Crippen molar-refractivity contribution in [3.05, 3.63) is 58.3 Å². The molecule has 4 nitrogen and oxygen atoms in total. The van der Waals surface area contributed by atoms with Gasteiger partial charge in [-0.3, -0.25) is 4.79 Å². The van der Waals surface area contributed by atoms with Crippen LogP contribution in [0.3, 0.4) is 0 Å². The largest absolute Gasteiger partial charge is 0.322 e. The summed E-state index contributed by atoms with van der Waals surface area (Å²) in [5.41, 5.74) is 0.608. The number of nitrogens with one attached hydrogen (secondary N) is 1. The van der Waals surface area contributed by atoms with Crippen LogP contribution in [0.2, 0.25) is 0 Å². The van der Waals surface area contributed by atoms with Crippen molar-refractivity contribution in [2.75, 3.05) is 11.6 Å². The Bertz CT molecular complexity index is 806. The topological polar surface area (TPSA) is 63.2 Å². The molecule has 2 rings (SSSR count). The molecular formula is C14H11BrFNO3S. The van der Waals surface area contributed by atoms with Crippen LogP contribution in [0, 0.1) is 5.82 Å². The number of halogens is 2. The predicted molar refractivity (Wildman–Crippen MR) is 81.6 cm³/mol. The molecule has 0 aliphatic carbocycles. The second kappa shape index (κ2) is 5.95. The summed E-state index contributed by atoms with van der Waals surface area (Å²) >= 11 is 3.02. The molecule has 0 atom stereocenters. The van der Waals surface area contributed by atoms with E-state index in [0.717, 1.165) is 6.26 Å². The highest BCUT2D eigenvalue weighted by atomic mass is 79.9. The van der Waals surface area contributed by atoms with Crippen molar-refractivity contribution in [2.24, 2.45) is 0 Å². The van der Waals surface area contributed by atoms with Crippen molar-refractivity contribution < 1.29 is 17.6 Å². The molecule has 21 heavy (non-hydrogen) atoms. The van der Waals surface area contributed by atoms with Crippen molar-refractivity contribution >= 4 is 37.4 Å². The molecule has 2 aromatic carbocycles. The van der Waals surface area contributed by atoms with Gasteiger partial charge in [-0.15, -0.1) is 0 Å². The van der Waals surface area contributed by atoms with Crippen molar-refractivity contribution in [3.63, 3.8) is 0 Å². The van der Waals surface area contributed by atoms with Crippen LogP contribution in [0.5, 0.6) is 0 Å². The van der Waals surface area contributed by atoms with Crippen LogP contribution < -0.4 is 5.32 Å². The van der Waals surface area contributed by atoms with Crippen LogP contribution >= 0.6 is 15.9 Å². The maximum atomic E-state index is 13.1. The van der Waals surface area contributed by atoms with Gasteiger partial charge in [0.15, 0.2) is 9.84 Å². The van der Waals surface area contributed by atoms with Crippen LogP contribution in [0.1, 0.15) is 10.4 Å². The van der Waals surface area contributed by atoms with Crippen LogP contribution in [-0.2, 0) is 9.84 Å². The third-order valence-corrected chi connectivity index (χ3v) is 4.42. The van der Waals surface area contributed by atoms with Crippen molar-refractivity contribution in [1.29, 1.82) is 0 Å². The minimum atomic E-state index is -3.38. The maximum absolute atomic E-state index is 13.1. The molecule has 0 radical (unpaired) electrons. The van der Waals surface area contributed by atoms with Gasteiger partial charge in [0.1, 0.15) is 5.82 Å². The fourth-order valence-corrected chi connectivity index (χ4v) is 2.69. The summed E-state index contributed by atoms with van der Waals surface area (Å²) in [6.07, 6.45) is 1.07. The van der Waals surface area contributed by atoms with E-state index in [0.29, 0.717) is 5.69 Å². The fraction of sp³-hybridized carbons (Fsp3) is 0.0714. The number of sulfone groups is 1. The van der Waals surface area contributed by atoms with Crippen molar-refractivity contribution in [3.8, 4) is 0 Å². The van der Waals surface area contributed by atoms with Crippen molar-refractivity contribution in [2.45, 2.75) is 4.90 Å². The van der Waals surface area contributed by atoms with E-state index in [1.54, 1.807) is 0 Å². The fourth-order valence-electron chi connectivity index (χ4n) is 1.65. The molecule has 2 aromatic rings. The Morgan fingerprint density at radius 2 is 1.90 bits per heavy atom. The Morgan fingerprint density at radius 3 is 2.52 bits per heavy atom. The average molecular weight is 372 g/mol. The number of hydrogen-bond donors (Lipinski definition) is 1. The molecule has 0 aliphatic heterocycles. The van der Waals surface area contributed by atoms with E-state index in [2.05, 4.69) is 21.2 Å². The number of carbonyl (C=O) groups is 1. The summed E-state index contributed by atoms with van der Waals surface area (Å²) in [5, 5.41) is 2.57. The second-order valence-electron chi connectivity index (χ2n) is 4.38. The average Bonchev–Trinajstić information content (AvgIpc) is 2.42. The van der Waals surface area contributed by atoms with Gasteiger partial charge in [0, 0.05) is 17.5 Å². The standard InChI is InChI=1S/C14H11BrFNO3S/c1-21(19,20)11-4-2-3-9(7-11)14(18)17-10-5-6-13(16)12(15)8-10/h2-8H,1H3,(H,17,18). The molecule has 1 N–H and O–H groups in total. The number of amides is 1. The van der Waals surface area contributed by atoms with E-state index in [9.17, 15) is 17.6 Å². The Labute approximate surface area is 130 Å². The zero-order valence-electron chi connectivity index (χ0n) is 10.9. The molecule has 0 spiro atoms. The van der Waals surface area contributed by atoms with Crippen LogP contribution in [0.25, 0.3) is 0 Å². The van der Waals surface area contributed by atoms with Gasteiger partial charge in [-0.2, -0.15) is 0 Å². The zero-order chi connectivity index (χ0) is 15.6. The van der Waals surface area contributed by atoms with E-state index in [-0.39, 0.29) is 14.9 Å². The summed E-state index contributed by atoms with van der Waals surface area (Å²) < 4.78 is 36.3. The molecule has 0 unspecified atom stereocenters. The predicted octanol–water partition coefficient (Wildman–Crippen LogP) is 3.24. The van der Waals surface area contributed by atoms with E-state index < -0.39 is 21.6 Å². The highest BCUT2D eigenvalue weighted by Crippen LogP contribution is 2.21. The Kier molecular flexibility index (Phi) is 4.43. The number of carbonyl (C=O) groups excluding carboxylic acids is 1. The van der Waals surface area contributed by atoms with Crippen molar-refractivity contribution in [1.82, 2.24) is 0 Å². The van der Waals surface area contributed by atoms with Gasteiger partial charge < -0.3 is 5.32 Å². The molecule has 0 aliphatic rings. The first-order chi connectivity index (χ1) is 9.77. The summed E-state index contributed by atoms with van der Waals surface area (Å²) in [6.45, 7) is 0. The normalized spacial score (nSPS) is 11.2. The molecule has 1 amide bonds. The molecule has 0 saturated heterocycles. The smallest absolute Gasteiger partial charge is 0.255 e. The first-order valence-corrected chi connectivity index (χ1v) is 8.52. The Balaban J connectivity index is 2.26. The number of anilines is 1. The lowest BCUT2D eigenvalue weighted by Gasteiger charge is -2.07. The van der Waals surface area contributed by atoms with Gasteiger partial charge >= 0.3 is 0 Å². The van der Waals surface area contributed by atoms with Gasteiger partial charge in [0.25, 0.3) is 5.91 Å². The molecule has 0 aromatic heterocycles. The van der Waals surface area contributed by atoms with Crippen LogP contribution in [0.4, 0.5) is 10.1 Å². The van der Waals surface area contributed by atoms with Gasteiger partial charge in [0.05, 0.1) is 9.37 Å². The number of benzene rings is 2. The Hall–Kier alpha value is -1.73. The van der Waals surface area contributed by atoms with Gasteiger partial charge in [-0.05, 0) is 52.3 Å². The van der Waals surface area contributed by atoms with Gasteiger partial charge in [-0.1, -0.05) is 6.07 Å². The molecule has 0 heterocycles. The molecule has 0 bridgehead atoms. The molecular weight excluding hydrogens is 361 g/mol. The lowest BCUT2D eigenvalue weighted by Crippen LogP contribution is -2.12. The van der Waals surface area contributed by atoms with E-state index in [1.165, 1.54) is 42.5 Å². The number of rotatable bonds is 3. The van der Waals surface area contributed by atoms with Gasteiger partial charge in [0.2, 0.25) is 0 Å². The number of hydrogen-bond acceptors (Lipinski definition) is 3. The summed E-state index contributed by atoms with van der Waals surface area (Å²) in [5.74, 6) is -0.911. The monoisotopic (exact) mass is 371 g/mol. The molecule has 110 valence electrons. The van der Waals surface area contributed by atoms with Crippen LogP contribution in [0.15, 0.2) is 51.8 Å². The van der Waals surface area contributed by atoms with E-state index in [1.807, 2.05) is 0 Å². The molecule has 0 saturated carbocycles. The first-order valence-electron chi connectivity index (χ1n) is 5.84. The summed E-state index contributed by atoms with van der Waals surface area (Å²) in [7, 11) is -3.38. The van der Waals surface area contributed by atoms with E-state index >= 15 is 0 Å². The minimum absolute atomic E-state index is 0.0652. The quantitative estimate of drug-likeness (QED) is 0.900. The highest BCUT2D eigenvalue weighted by molar-refractivity contribution is 9.10. The first kappa shape index (κ1) is 15.7. The third-order valence-electron chi connectivity index (χ3n) is 2.70. The van der Waals surface area contributed by atoms with Crippen LogP contribution in [-0.4, -0.2) is 20.6 Å². The molecule has 0 fully saturated rings. The summed E-state index contributed by atoms with van der Waals surface area (Å²) in [4.78, 5) is 12.1. The van der Waals surface area contributed by atoms with E-state index in [4.69, 9.17) is 0 Å². The maximum Gasteiger partial charge on any atom is 0.255 e. The lowest BCUT2D eigenvalue weighted by atomic mass is 10.2. The SMILES string of the molecule is CS(=O)(=O)c1cccc(C(=O)Nc2ccc(F)c(Br)c2)c1. The lowest BCUT2D eigenvalue weighted by molar-refractivity contribution is 0.102. The minimum Gasteiger partial charge on any atom is -0.322 e. The highest BCUT2D eigenvalue weighted by Gasteiger charge is 2.12. The zero-order valence-corrected chi connectivity index (χ0v) is 13.3. The molecule has 7 heteroatoms.